The second kappa shape index (κ2) is 7.41. The Bertz CT molecular complexity index is 1080. The van der Waals surface area contributed by atoms with Gasteiger partial charge in [0.15, 0.2) is 0 Å². The number of fused-ring (bicyclic) bond motifs is 1. The van der Waals surface area contributed by atoms with Crippen molar-refractivity contribution in [2.45, 2.75) is 31.0 Å². The van der Waals surface area contributed by atoms with Gasteiger partial charge in [0.1, 0.15) is 11.9 Å². The fourth-order valence-corrected chi connectivity index (χ4v) is 4.57. The summed E-state index contributed by atoms with van der Waals surface area (Å²) in [5.41, 5.74) is 0.854. The van der Waals surface area contributed by atoms with E-state index in [0.717, 1.165) is 10.9 Å². The summed E-state index contributed by atoms with van der Waals surface area (Å²) in [7, 11) is -3.53. The summed E-state index contributed by atoms with van der Waals surface area (Å²) in [6, 6.07) is 18.1. The lowest BCUT2D eigenvalue weighted by Gasteiger charge is -2.37. The highest BCUT2D eigenvalue weighted by Crippen LogP contribution is 2.26. The van der Waals surface area contributed by atoms with E-state index < -0.39 is 10.0 Å². The van der Waals surface area contributed by atoms with Crippen molar-refractivity contribution in [3.8, 4) is 11.6 Å². The van der Waals surface area contributed by atoms with Gasteiger partial charge in [-0.3, -0.25) is 0 Å². The molecule has 28 heavy (non-hydrogen) atoms. The third kappa shape index (κ3) is 3.81. The number of sulfonamides is 1. The van der Waals surface area contributed by atoms with Crippen LogP contribution in [-0.4, -0.2) is 43.0 Å². The first kappa shape index (κ1) is 18.7. The fraction of sp³-hybridized carbons (Fsp3) is 0.286. The highest BCUT2D eigenvalue weighted by atomic mass is 32.2. The number of para-hydroxylation sites is 1. The smallest absolute Gasteiger partial charge is 0.243 e. The molecule has 3 aromatic rings. The van der Waals surface area contributed by atoms with Crippen molar-refractivity contribution in [2.24, 2.45) is 0 Å². The number of rotatable bonds is 6. The zero-order valence-corrected chi connectivity index (χ0v) is 16.6. The van der Waals surface area contributed by atoms with Gasteiger partial charge in [-0.25, -0.2) is 13.4 Å². The number of aromatic nitrogens is 1. The Kier molecular flexibility index (Phi) is 4.95. The van der Waals surface area contributed by atoms with Gasteiger partial charge in [-0.15, -0.1) is 0 Å². The van der Waals surface area contributed by atoms with E-state index in [9.17, 15) is 8.42 Å². The maximum absolute atomic E-state index is 12.7. The molecule has 6 nitrogen and oxygen atoms in total. The summed E-state index contributed by atoms with van der Waals surface area (Å²) in [4.78, 5) is 4.73. The average molecular weight is 398 g/mol. The number of nitrogens with zero attached hydrogens (tertiary/aromatic N) is 2. The number of ether oxygens (including phenoxy) is 2. The molecule has 0 saturated carbocycles. The van der Waals surface area contributed by atoms with Gasteiger partial charge in [-0.05, 0) is 50.2 Å². The van der Waals surface area contributed by atoms with Crippen molar-refractivity contribution in [3.05, 3.63) is 60.7 Å². The molecule has 0 atom stereocenters. The third-order valence-electron chi connectivity index (χ3n) is 4.51. The average Bonchev–Trinajstić information content (AvgIpc) is 2.64. The second-order valence-electron chi connectivity index (χ2n) is 7.04. The molecule has 2 heterocycles. The van der Waals surface area contributed by atoms with E-state index in [4.69, 9.17) is 9.47 Å². The maximum Gasteiger partial charge on any atom is 0.243 e. The molecule has 1 fully saturated rings. The van der Waals surface area contributed by atoms with Crippen molar-refractivity contribution >= 4 is 20.9 Å². The molecule has 146 valence electrons. The molecule has 1 aliphatic heterocycles. The molecule has 0 bridgehead atoms. The van der Waals surface area contributed by atoms with Gasteiger partial charge in [-0.1, -0.05) is 18.2 Å². The Labute approximate surface area is 164 Å². The number of pyridine rings is 1. The summed E-state index contributed by atoms with van der Waals surface area (Å²) < 4.78 is 38.3. The van der Waals surface area contributed by atoms with Crippen LogP contribution in [0, 0.1) is 0 Å². The summed E-state index contributed by atoms with van der Waals surface area (Å²) in [6.07, 6.45) is -0.161. The second-order valence-corrected chi connectivity index (χ2v) is 8.98. The standard InChI is InChI=1S/C21H22N2O4S/c1-15(2)26-17-8-10-19(11-9-17)28(24,25)23-13-18(14-23)27-21-12-7-16-5-3-4-6-20(16)22-21/h3-12,15,18H,13-14H2,1-2H3. The summed E-state index contributed by atoms with van der Waals surface area (Å²) >= 11 is 0. The number of hydrogen-bond donors (Lipinski definition) is 0. The van der Waals surface area contributed by atoms with Crippen LogP contribution in [0.3, 0.4) is 0 Å². The molecule has 7 heteroatoms. The Morgan fingerprint density at radius 1 is 1.00 bits per heavy atom. The lowest BCUT2D eigenvalue weighted by atomic mass is 10.2. The first-order valence-electron chi connectivity index (χ1n) is 9.21. The molecule has 0 spiro atoms. The Balaban J connectivity index is 1.39. The van der Waals surface area contributed by atoms with Crippen molar-refractivity contribution < 1.29 is 17.9 Å². The minimum atomic E-state index is -3.53. The van der Waals surface area contributed by atoms with Crippen LogP contribution >= 0.6 is 0 Å². The van der Waals surface area contributed by atoms with Crippen molar-refractivity contribution in [1.29, 1.82) is 0 Å². The molecule has 1 aliphatic rings. The monoisotopic (exact) mass is 398 g/mol. The van der Waals surface area contributed by atoms with Crippen LogP contribution in [0.5, 0.6) is 11.6 Å². The fourth-order valence-electron chi connectivity index (χ4n) is 3.07. The maximum atomic E-state index is 12.7. The largest absolute Gasteiger partial charge is 0.491 e. The van der Waals surface area contributed by atoms with Crippen LogP contribution in [-0.2, 0) is 10.0 Å². The molecule has 0 unspecified atom stereocenters. The van der Waals surface area contributed by atoms with Crippen LogP contribution < -0.4 is 9.47 Å². The van der Waals surface area contributed by atoms with Crippen LogP contribution in [0.2, 0.25) is 0 Å². The number of hydrogen-bond acceptors (Lipinski definition) is 5. The topological polar surface area (TPSA) is 68.7 Å². The molecule has 0 radical (unpaired) electrons. The lowest BCUT2D eigenvalue weighted by molar-refractivity contribution is 0.0724. The highest BCUT2D eigenvalue weighted by molar-refractivity contribution is 7.89. The first-order chi connectivity index (χ1) is 13.4. The minimum Gasteiger partial charge on any atom is -0.491 e. The molecule has 2 aromatic carbocycles. The van der Waals surface area contributed by atoms with Gasteiger partial charge in [0.05, 0.1) is 29.6 Å². The Hall–Kier alpha value is -2.64. The van der Waals surface area contributed by atoms with Gasteiger partial charge >= 0.3 is 0 Å². The Morgan fingerprint density at radius 3 is 2.43 bits per heavy atom. The van der Waals surface area contributed by atoms with Crippen LogP contribution in [0.4, 0.5) is 0 Å². The van der Waals surface area contributed by atoms with Crippen LogP contribution in [0.15, 0.2) is 65.6 Å². The van der Waals surface area contributed by atoms with Crippen LogP contribution in [0.1, 0.15) is 13.8 Å². The molecule has 0 amide bonds. The van der Waals surface area contributed by atoms with E-state index in [-0.39, 0.29) is 17.1 Å². The molecule has 1 aromatic heterocycles. The quantitative estimate of drug-likeness (QED) is 0.636. The van der Waals surface area contributed by atoms with Gasteiger partial charge in [0.2, 0.25) is 15.9 Å². The SMILES string of the molecule is CC(C)Oc1ccc(S(=O)(=O)N2CC(Oc3ccc4ccccc4n3)C2)cc1. The number of benzene rings is 2. The third-order valence-corrected chi connectivity index (χ3v) is 6.35. The summed E-state index contributed by atoms with van der Waals surface area (Å²) in [5.74, 6) is 1.16. The normalized spacial score (nSPS) is 15.5. The van der Waals surface area contributed by atoms with Gasteiger partial charge in [-0.2, -0.15) is 4.31 Å². The minimum absolute atomic E-state index is 0.0412. The molecule has 4 rings (SSSR count). The summed E-state index contributed by atoms with van der Waals surface area (Å²) in [6.45, 7) is 4.46. The van der Waals surface area contributed by atoms with Crippen molar-refractivity contribution in [2.75, 3.05) is 13.1 Å². The highest BCUT2D eigenvalue weighted by Gasteiger charge is 2.38. The zero-order chi connectivity index (χ0) is 19.7. The van der Waals surface area contributed by atoms with E-state index in [1.165, 1.54) is 4.31 Å². The Morgan fingerprint density at radius 2 is 1.71 bits per heavy atom. The molecule has 1 saturated heterocycles. The van der Waals surface area contributed by atoms with Gasteiger partial charge < -0.3 is 9.47 Å². The van der Waals surface area contributed by atoms with Crippen molar-refractivity contribution in [3.63, 3.8) is 0 Å². The van der Waals surface area contributed by atoms with E-state index in [1.807, 2.05) is 50.2 Å². The van der Waals surface area contributed by atoms with Crippen molar-refractivity contribution in [1.82, 2.24) is 9.29 Å². The lowest BCUT2D eigenvalue weighted by Crippen LogP contribution is -2.56. The first-order valence-corrected chi connectivity index (χ1v) is 10.7. The van der Waals surface area contributed by atoms with E-state index >= 15 is 0 Å². The van der Waals surface area contributed by atoms with E-state index in [0.29, 0.717) is 24.7 Å². The molecule has 0 aliphatic carbocycles. The van der Waals surface area contributed by atoms with E-state index in [2.05, 4.69) is 4.98 Å². The molecule has 0 N–H and O–H groups in total. The molecular formula is C21H22N2O4S. The van der Waals surface area contributed by atoms with Gasteiger partial charge in [0.25, 0.3) is 0 Å². The van der Waals surface area contributed by atoms with E-state index in [1.54, 1.807) is 24.3 Å². The predicted octanol–water partition coefficient (Wildman–Crippen LogP) is 3.47. The molecular weight excluding hydrogens is 376 g/mol. The van der Waals surface area contributed by atoms with Crippen LogP contribution in [0.25, 0.3) is 10.9 Å². The van der Waals surface area contributed by atoms with Gasteiger partial charge in [0, 0.05) is 11.5 Å². The summed E-state index contributed by atoms with van der Waals surface area (Å²) in [5, 5.41) is 1.04. The predicted molar refractivity (Wildman–Crippen MR) is 107 cm³/mol. The zero-order valence-electron chi connectivity index (χ0n) is 15.8.